The molecular weight excluding hydrogens is 667 g/mol. The number of rotatable bonds is 10. The number of ether oxygens (including phenoxy) is 3. The van der Waals surface area contributed by atoms with Crippen LogP contribution in [0.1, 0.15) is 18.9 Å². The van der Waals surface area contributed by atoms with E-state index < -0.39 is 5.79 Å². The first-order valence-corrected chi connectivity index (χ1v) is 17.7. The van der Waals surface area contributed by atoms with Crippen LogP contribution in [0.4, 0.5) is 17.1 Å². The summed E-state index contributed by atoms with van der Waals surface area (Å²) in [6.07, 6.45) is 6.16. The molecule has 3 aromatic carbocycles. The van der Waals surface area contributed by atoms with E-state index in [1.165, 1.54) is 17.1 Å². The van der Waals surface area contributed by atoms with Gasteiger partial charge in [-0.15, -0.1) is 0 Å². The SMILES string of the molecule is CCN1CCCN(c2ccc(N3CCN(c4ccc(OCC5COC(Cn6ccnc6)(c6ccc(Cl)cc6Cl)O5)cc4)CC3)cc2)C1=S. The van der Waals surface area contributed by atoms with Crippen molar-refractivity contribution >= 4 is 57.6 Å². The highest BCUT2D eigenvalue weighted by Crippen LogP contribution is 2.40. The normalized spacial score (nSPS) is 21.6. The van der Waals surface area contributed by atoms with Crippen LogP contribution in [0, 0.1) is 0 Å². The van der Waals surface area contributed by atoms with E-state index in [4.69, 9.17) is 49.6 Å². The fourth-order valence-electron chi connectivity index (χ4n) is 6.70. The minimum Gasteiger partial charge on any atom is -0.491 e. The van der Waals surface area contributed by atoms with Crippen LogP contribution in [0.25, 0.3) is 0 Å². The lowest BCUT2D eigenvalue weighted by atomic mass is 10.1. The van der Waals surface area contributed by atoms with Crippen LogP contribution in [-0.4, -0.2) is 84.7 Å². The van der Waals surface area contributed by atoms with Crippen LogP contribution >= 0.6 is 35.4 Å². The molecule has 0 N–H and O–H groups in total. The van der Waals surface area contributed by atoms with Crippen LogP contribution in [0.5, 0.6) is 5.75 Å². The van der Waals surface area contributed by atoms with Gasteiger partial charge in [-0.1, -0.05) is 29.3 Å². The highest BCUT2D eigenvalue weighted by molar-refractivity contribution is 7.80. The highest BCUT2D eigenvalue weighted by atomic mass is 35.5. The highest BCUT2D eigenvalue weighted by Gasteiger charge is 2.45. The quantitative estimate of drug-likeness (QED) is 0.168. The van der Waals surface area contributed by atoms with Gasteiger partial charge in [-0.05, 0) is 86.2 Å². The van der Waals surface area contributed by atoms with Crippen LogP contribution in [0.3, 0.4) is 0 Å². The number of halogens is 2. The molecule has 3 aliphatic heterocycles. The molecule has 0 radical (unpaired) electrons. The van der Waals surface area contributed by atoms with Gasteiger partial charge in [-0.2, -0.15) is 0 Å². The third-order valence-corrected chi connectivity index (χ3v) is 10.3. The summed E-state index contributed by atoms with van der Waals surface area (Å²) in [6, 6.07) is 22.5. The maximum absolute atomic E-state index is 6.61. The Morgan fingerprint density at radius 2 is 1.58 bits per heavy atom. The summed E-state index contributed by atoms with van der Waals surface area (Å²) in [5.74, 6) is -0.296. The zero-order valence-corrected chi connectivity index (χ0v) is 29.3. The van der Waals surface area contributed by atoms with Crippen molar-refractivity contribution in [1.29, 1.82) is 0 Å². The largest absolute Gasteiger partial charge is 0.491 e. The molecule has 9 nitrogen and oxygen atoms in total. The van der Waals surface area contributed by atoms with Gasteiger partial charge < -0.3 is 38.4 Å². The first-order valence-electron chi connectivity index (χ1n) is 16.5. The van der Waals surface area contributed by atoms with Crippen LogP contribution in [0.15, 0.2) is 85.5 Å². The average molecular weight is 708 g/mol. The summed E-state index contributed by atoms with van der Waals surface area (Å²) in [7, 11) is 0. The van der Waals surface area contributed by atoms with E-state index in [1.54, 1.807) is 24.7 Å². The van der Waals surface area contributed by atoms with Crippen molar-refractivity contribution in [2.24, 2.45) is 0 Å². The van der Waals surface area contributed by atoms with E-state index in [1.807, 2.05) is 29.0 Å². The Hall–Kier alpha value is -3.54. The third kappa shape index (κ3) is 7.09. The Bertz CT molecular complexity index is 1690. The van der Waals surface area contributed by atoms with Crippen molar-refractivity contribution in [3.05, 3.63) is 101 Å². The lowest BCUT2D eigenvalue weighted by Crippen LogP contribution is -2.49. The van der Waals surface area contributed by atoms with Gasteiger partial charge in [0.15, 0.2) is 5.11 Å². The van der Waals surface area contributed by atoms with Crippen molar-refractivity contribution in [1.82, 2.24) is 14.5 Å². The van der Waals surface area contributed by atoms with E-state index in [9.17, 15) is 0 Å². The second-order valence-electron chi connectivity index (χ2n) is 12.3. The molecule has 0 amide bonds. The van der Waals surface area contributed by atoms with Crippen molar-refractivity contribution in [3.63, 3.8) is 0 Å². The molecule has 7 rings (SSSR count). The summed E-state index contributed by atoms with van der Waals surface area (Å²) < 4.78 is 20.9. The van der Waals surface area contributed by atoms with Gasteiger partial charge in [0, 0.05) is 85.9 Å². The van der Waals surface area contributed by atoms with Crippen molar-refractivity contribution in [2.75, 3.05) is 73.7 Å². The first kappa shape index (κ1) is 33.0. The molecule has 48 heavy (non-hydrogen) atoms. The molecule has 3 fully saturated rings. The van der Waals surface area contributed by atoms with Gasteiger partial charge in [0.05, 0.1) is 24.5 Å². The number of thiocarbonyl (C=S) groups is 1. The summed E-state index contributed by atoms with van der Waals surface area (Å²) in [4.78, 5) is 13.6. The molecule has 252 valence electrons. The molecule has 4 aromatic rings. The number of piperazine rings is 1. The van der Waals surface area contributed by atoms with Gasteiger partial charge in [-0.25, -0.2) is 4.98 Å². The number of aromatic nitrogens is 2. The van der Waals surface area contributed by atoms with Gasteiger partial charge in [0.1, 0.15) is 18.5 Å². The number of nitrogens with zero attached hydrogens (tertiary/aromatic N) is 6. The Morgan fingerprint density at radius 3 is 2.23 bits per heavy atom. The molecule has 4 heterocycles. The van der Waals surface area contributed by atoms with E-state index in [2.05, 4.69) is 67.9 Å². The van der Waals surface area contributed by atoms with Crippen molar-refractivity contribution in [2.45, 2.75) is 31.8 Å². The van der Waals surface area contributed by atoms with Crippen molar-refractivity contribution < 1.29 is 14.2 Å². The molecule has 3 saturated heterocycles. The summed E-state index contributed by atoms with van der Waals surface area (Å²) in [5.41, 5.74) is 4.34. The van der Waals surface area contributed by atoms with Crippen molar-refractivity contribution in [3.8, 4) is 5.75 Å². The van der Waals surface area contributed by atoms with Crippen LogP contribution in [0.2, 0.25) is 10.0 Å². The lowest BCUT2D eigenvalue weighted by Gasteiger charge is -2.39. The number of benzene rings is 3. The summed E-state index contributed by atoms with van der Waals surface area (Å²) in [6.45, 7) is 10.1. The fraction of sp³-hybridized carbons (Fsp3) is 0.389. The Kier molecular flexibility index (Phi) is 9.98. The van der Waals surface area contributed by atoms with Crippen LogP contribution < -0.4 is 19.4 Å². The summed E-state index contributed by atoms with van der Waals surface area (Å²) in [5, 5.41) is 1.97. The number of imidazole rings is 1. The molecule has 2 unspecified atom stereocenters. The number of anilines is 3. The molecule has 2 atom stereocenters. The molecule has 0 bridgehead atoms. The van der Waals surface area contributed by atoms with E-state index in [0.29, 0.717) is 29.8 Å². The fourth-order valence-corrected chi connectivity index (χ4v) is 7.67. The standard InChI is InChI=1S/C36H40Cl2N6O3S/c1-2-41-15-3-16-44(35(41)48)30-7-5-28(6-8-30)42-18-20-43(21-19-42)29-9-11-31(12-10-29)45-23-32-24-46-36(47-32,25-40-17-14-39-26-40)33-13-4-27(37)22-34(33)38/h4-14,17,22,26,32H,2-3,15-16,18-21,23-25H2,1H3. The van der Waals surface area contributed by atoms with Gasteiger partial charge in [0.2, 0.25) is 5.79 Å². The van der Waals surface area contributed by atoms with E-state index in [0.717, 1.165) is 68.7 Å². The zero-order chi connectivity index (χ0) is 33.1. The zero-order valence-electron chi connectivity index (χ0n) is 27.0. The molecule has 1 aromatic heterocycles. The van der Waals surface area contributed by atoms with E-state index in [-0.39, 0.29) is 6.10 Å². The molecule has 3 aliphatic rings. The molecule has 0 saturated carbocycles. The molecule has 0 spiro atoms. The second-order valence-corrected chi connectivity index (χ2v) is 13.5. The molecule has 0 aliphatic carbocycles. The maximum Gasteiger partial charge on any atom is 0.215 e. The average Bonchev–Trinajstić information content (AvgIpc) is 3.78. The maximum atomic E-state index is 6.61. The summed E-state index contributed by atoms with van der Waals surface area (Å²) >= 11 is 18.5. The predicted molar refractivity (Wildman–Crippen MR) is 196 cm³/mol. The second kappa shape index (κ2) is 14.5. The smallest absolute Gasteiger partial charge is 0.215 e. The van der Waals surface area contributed by atoms with Gasteiger partial charge in [0.25, 0.3) is 0 Å². The third-order valence-electron chi connectivity index (χ3n) is 9.29. The van der Waals surface area contributed by atoms with Gasteiger partial charge in [-0.3, -0.25) is 0 Å². The first-order chi connectivity index (χ1) is 23.4. The predicted octanol–water partition coefficient (Wildman–Crippen LogP) is 6.68. The minimum absolute atomic E-state index is 0.287. The molecular formula is C36H40Cl2N6O3S. The minimum atomic E-state index is -1.08. The topological polar surface area (TPSA) is 58.5 Å². The Morgan fingerprint density at radius 1 is 0.896 bits per heavy atom. The lowest BCUT2D eigenvalue weighted by molar-refractivity contribution is -0.189. The number of hydrogen-bond donors (Lipinski definition) is 0. The monoisotopic (exact) mass is 706 g/mol. The number of hydrogen-bond acceptors (Lipinski definition) is 7. The van der Waals surface area contributed by atoms with Gasteiger partial charge >= 0.3 is 0 Å². The Labute approximate surface area is 297 Å². The van der Waals surface area contributed by atoms with Crippen LogP contribution in [-0.2, 0) is 21.8 Å². The Balaban J connectivity index is 0.917. The molecule has 12 heteroatoms. The van der Waals surface area contributed by atoms with E-state index >= 15 is 0 Å².